The molecule has 6 heteroatoms. The van der Waals surface area contributed by atoms with E-state index in [-0.39, 0.29) is 16.8 Å². The van der Waals surface area contributed by atoms with Gasteiger partial charge in [-0.2, -0.15) is 0 Å². The van der Waals surface area contributed by atoms with Gasteiger partial charge in [0.1, 0.15) is 17.2 Å². The van der Waals surface area contributed by atoms with E-state index >= 15 is 0 Å². The summed E-state index contributed by atoms with van der Waals surface area (Å²) < 4.78 is 19.5. The monoisotopic (exact) mass is 400 g/mol. The summed E-state index contributed by atoms with van der Waals surface area (Å²) in [5, 5.41) is 0.416. The minimum Gasteiger partial charge on any atom is -0.450 e. The van der Waals surface area contributed by atoms with Crippen LogP contribution in [0.15, 0.2) is 70.0 Å². The molecule has 5 nitrogen and oxygen atoms in total. The Labute approximate surface area is 171 Å². The summed E-state index contributed by atoms with van der Waals surface area (Å²) in [4.78, 5) is 32.6. The molecule has 0 aliphatic carbocycles. The van der Waals surface area contributed by atoms with Gasteiger partial charge >= 0.3 is 0 Å². The first kappa shape index (κ1) is 18.2. The smallest absolute Gasteiger partial charge is 0.296 e. The molecule has 0 bridgehead atoms. The normalized spacial score (nSPS) is 15.6. The fraction of sp³-hybridized carbons (Fsp3) is 0.125. The van der Waals surface area contributed by atoms with Crippen LogP contribution in [0.3, 0.4) is 0 Å². The van der Waals surface area contributed by atoms with Gasteiger partial charge in [0, 0.05) is 6.20 Å². The lowest BCUT2D eigenvalue weighted by Crippen LogP contribution is -2.30. The summed E-state index contributed by atoms with van der Waals surface area (Å²) in [6, 6.07) is 13.8. The van der Waals surface area contributed by atoms with E-state index in [2.05, 4.69) is 4.98 Å². The number of rotatable bonds is 2. The number of hydrogen-bond acceptors (Lipinski definition) is 4. The summed E-state index contributed by atoms with van der Waals surface area (Å²) in [7, 11) is 0. The Balaban J connectivity index is 1.83. The predicted molar refractivity (Wildman–Crippen MR) is 111 cm³/mol. The van der Waals surface area contributed by atoms with Crippen LogP contribution in [0.1, 0.15) is 38.9 Å². The highest BCUT2D eigenvalue weighted by molar-refractivity contribution is 6.10. The van der Waals surface area contributed by atoms with E-state index in [9.17, 15) is 14.0 Å². The molecular formula is C24H17FN2O3. The minimum absolute atomic E-state index is 0.00395. The lowest BCUT2D eigenvalue weighted by Gasteiger charge is -2.24. The molecule has 0 spiro atoms. The van der Waals surface area contributed by atoms with E-state index < -0.39 is 17.8 Å². The largest absolute Gasteiger partial charge is 0.450 e. The van der Waals surface area contributed by atoms with Gasteiger partial charge in [-0.05, 0) is 66.9 Å². The van der Waals surface area contributed by atoms with Crippen LogP contribution in [0.5, 0.6) is 0 Å². The molecule has 1 aliphatic rings. The first-order valence-corrected chi connectivity index (χ1v) is 9.53. The highest BCUT2D eigenvalue weighted by Gasteiger charge is 2.44. The van der Waals surface area contributed by atoms with Crippen molar-refractivity contribution in [1.82, 2.24) is 4.98 Å². The van der Waals surface area contributed by atoms with Crippen LogP contribution in [-0.2, 0) is 0 Å². The number of amides is 1. The lowest BCUT2D eigenvalue weighted by molar-refractivity contribution is 0.0970. The molecule has 1 aliphatic heterocycles. The number of halogens is 1. The van der Waals surface area contributed by atoms with Crippen LogP contribution in [0.4, 0.5) is 10.2 Å². The van der Waals surface area contributed by atoms with Crippen molar-refractivity contribution in [3.63, 3.8) is 0 Å². The van der Waals surface area contributed by atoms with Gasteiger partial charge in [0.15, 0.2) is 5.43 Å². The van der Waals surface area contributed by atoms with Gasteiger partial charge in [0.25, 0.3) is 5.91 Å². The standard InChI is InChI=1S/C24H17FN2O3/c1-13-11-17-18(12-14(13)2)30-23-20(22(17)28)21(15-6-8-16(25)9-7-15)27(24(23)29)19-5-3-4-10-26-19/h3-12,21H,1-2H3/t21-/m1/s1. The molecule has 3 heterocycles. The Kier molecular flexibility index (Phi) is 4.03. The molecule has 0 saturated carbocycles. The third kappa shape index (κ3) is 2.64. The molecule has 5 rings (SSSR count). The molecule has 1 atom stereocenters. The van der Waals surface area contributed by atoms with E-state index in [0.29, 0.717) is 22.4 Å². The average Bonchev–Trinajstić information content (AvgIpc) is 3.04. The number of benzene rings is 2. The van der Waals surface area contributed by atoms with Crippen molar-refractivity contribution in [3.05, 3.63) is 105 Å². The van der Waals surface area contributed by atoms with Gasteiger partial charge < -0.3 is 4.42 Å². The SMILES string of the molecule is Cc1cc2oc3c(c(=O)c2cc1C)[C@@H](c1ccc(F)cc1)N(c1ccccn1)C3=O. The summed E-state index contributed by atoms with van der Waals surface area (Å²) in [6.45, 7) is 3.84. The van der Waals surface area contributed by atoms with Crippen LogP contribution in [0, 0.1) is 19.7 Å². The minimum atomic E-state index is -0.759. The van der Waals surface area contributed by atoms with Crippen LogP contribution in [0.2, 0.25) is 0 Å². The van der Waals surface area contributed by atoms with Crippen molar-refractivity contribution in [2.45, 2.75) is 19.9 Å². The Hall–Kier alpha value is -3.80. The summed E-state index contributed by atoms with van der Waals surface area (Å²) >= 11 is 0. The molecule has 4 aromatic rings. The average molecular weight is 400 g/mol. The van der Waals surface area contributed by atoms with Crippen molar-refractivity contribution in [2.24, 2.45) is 0 Å². The van der Waals surface area contributed by atoms with E-state index in [1.165, 1.54) is 17.0 Å². The molecule has 2 aromatic carbocycles. The quantitative estimate of drug-likeness (QED) is 0.490. The van der Waals surface area contributed by atoms with Crippen LogP contribution < -0.4 is 10.3 Å². The third-order valence-electron chi connectivity index (χ3n) is 5.57. The van der Waals surface area contributed by atoms with Crippen molar-refractivity contribution < 1.29 is 13.6 Å². The number of aryl methyl sites for hydroxylation is 2. The molecule has 0 unspecified atom stereocenters. The number of pyridine rings is 1. The molecule has 30 heavy (non-hydrogen) atoms. The van der Waals surface area contributed by atoms with Gasteiger partial charge in [-0.3, -0.25) is 14.5 Å². The predicted octanol–water partition coefficient (Wildman–Crippen LogP) is 4.69. The zero-order chi connectivity index (χ0) is 21.0. The Morgan fingerprint density at radius 1 is 1.00 bits per heavy atom. The van der Waals surface area contributed by atoms with E-state index in [0.717, 1.165) is 11.1 Å². The second kappa shape index (κ2) is 6.62. The van der Waals surface area contributed by atoms with Gasteiger partial charge in [0.2, 0.25) is 5.76 Å². The van der Waals surface area contributed by atoms with E-state index in [1.54, 1.807) is 48.7 Å². The van der Waals surface area contributed by atoms with Crippen molar-refractivity contribution in [2.75, 3.05) is 4.90 Å². The molecule has 0 radical (unpaired) electrons. The summed E-state index contributed by atoms with van der Waals surface area (Å²) in [5.74, 6) is -0.464. The van der Waals surface area contributed by atoms with E-state index in [1.807, 2.05) is 13.8 Å². The molecular weight excluding hydrogens is 383 g/mol. The Morgan fingerprint density at radius 3 is 2.43 bits per heavy atom. The summed E-state index contributed by atoms with van der Waals surface area (Å²) in [6.07, 6.45) is 1.58. The third-order valence-corrected chi connectivity index (χ3v) is 5.57. The van der Waals surface area contributed by atoms with E-state index in [4.69, 9.17) is 4.42 Å². The first-order chi connectivity index (χ1) is 14.5. The molecule has 0 fully saturated rings. The van der Waals surface area contributed by atoms with Gasteiger partial charge in [-0.15, -0.1) is 0 Å². The van der Waals surface area contributed by atoms with Crippen molar-refractivity contribution in [3.8, 4) is 0 Å². The topological polar surface area (TPSA) is 63.4 Å². The number of carbonyl (C=O) groups is 1. The molecule has 148 valence electrons. The van der Waals surface area contributed by atoms with Crippen molar-refractivity contribution in [1.29, 1.82) is 0 Å². The number of nitrogens with zero attached hydrogens (tertiary/aromatic N) is 2. The van der Waals surface area contributed by atoms with Crippen LogP contribution in [-0.4, -0.2) is 10.9 Å². The zero-order valence-electron chi connectivity index (χ0n) is 16.3. The second-order valence-corrected chi connectivity index (χ2v) is 7.42. The highest BCUT2D eigenvalue weighted by Crippen LogP contribution is 2.40. The molecule has 0 N–H and O–H groups in total. The van der Waals surface area contributed by atoms with Crippen molar-refractivity contribution >= 4 is 22.7 Å². The van der Waals surface area contributed by atoms with Crippen LogP contribution >= 0.6 is 0 Å². The second-order valence-electron chi connectivity index (χ2n) is 7.42. The molecule has 1 amide bonds. The number of aromatic nitrogens is 1. The number of anilines is 1. The summed E-state index contributed by atoms with van der Waals surface area (Å²) in [5.41, 5.74) is 2.87. The number of fused-ring (bicyclic) bond motifs is 2. The van der Waals surface area contributed by atoms with Gasteiger partial charge in [0.05, 0.1) is 17.0 Å². The maximum atomic E-state index is 13.6. The lowest BCUT2D eigenvalue weighted by atomic mass is 9.97. The zero-order valence-corrected chi connectivity index (χ0v) is 16.3. The highest BCUT2D eigenvalue weighted by atomic mass is 19.1. The van der Waals surface area contributed by atoms with Crippen LogP contribution in [0.25, 0.3) is 11.0 Å². The van der Waals surface area contributed by atoms with Gasteiger partial charge in [-0.1, -0.05) is 18.2 Å². The molecule has 0 saturated heterocycles. The van der Waals surface area contributed by atoms with Gasteiger partial charge in [-0.25, -0.2) is 9.37 Å². The Morgan fingerprint density at radius 2 is 1.73 bits per heavy atom. The number of carbonyl (C=O) groups excluding carboxylic acids is 1. The maximum Gasteiger partial charge on any atom is 0.296 e. The maximum absolute atomic E-state index is 13.6. The number of hydrogen-bond donors (Lipinski definition) is 0. The fourth-order valence-electron chi connectivity index (χ4n) is 3.92. The Bertz CT molecular complexity index is 1360. The molecule has 2 aromatic heterocycles. The fourth-order valence-corrected chi connectivity index (χ4v) is 3.92. The first-order valence-electron chi connectivity index (χ1n) is 9.53.